The van der Waals surface area contributed by atoms with E-state index in [1.807, 2.05) is 12.1 Å². The second-order valence-corrected chi connectivity index (χ2v) is 7.86. The lowest BCUT2D eigenvalue weighted by molar-refractivity contribution is 0.591. The van der Waals surface area contributed by atoms with Crippen LogP contribution in [-0.2, 0) is 9.84 Å². The first-order valence-corrected chi connectivity index (χ1v) is 8.60. The summed E-state index contributed by atoms with van der Waals surface area (Å²) in [6.07, 6.45) is 1.57. The van der Waals surface area contributed by atoms with Crippen molar-refractivity contribution < 1.29 is 8.42 Å². The average molecular weight is 305 g/mol. The molecular formula is C11H13ClN2O2S2. The average Bonchev–Trinajstić information content (AvgIpc) is 2.70. The van der Waals surface area contributed by atoms with Crippen molar-refractivity contribution in [2.45, 2.75) is 12.5 Å². The molecule has 1 heterocycles. The van der Waals surface area contributed by atoms with Gasteiger partial charge < -0.3 is 5.73 Å². The Labute approximate surface area is 115 Å². The summed E-state index contributed by atoms with van der Waals surface area (Å²) >= 11 is 7.48. The topological polar surface area (TPSA) is 73.0 Å². The number of thiazole rings is 1. The van der Waals surface area contributed by atoms with Crippen molar-refractivity contribution >= 4 is 43.0 Å². The van der Waals surface area contributed by atoms with Gasteiger partial charge in [-0.05, 0) is 18.6 Å². The molecule has 0 bridgehead atoms. The summed E-state index contributed by atoms with van der Waals surface area (Å²) in [5.41, 5.74) is 6.76. The van der Waals surface area contributed by atoms with Gasteiger partial charge in [0.2, 0.25) is 0 Å². The molecule has 0 amide bonds. The zero-order valence-electron chi connectivity index (χ0n) is 9.76. The van der Waals surface area contributed by atoms with E-state index in [9.17, 15) is 8.42 Å². The van der Waals surface area contributed by atoms with Gasteiger partial charge in [-0.25, -0.2) is 13.4 Å². The standard InChI is InChI=1S/C11H13ClN2O2S2/c1-18(15,16)6-5-8(13)11-14-9-4-2-3-7(12)10(9)17-11/h2-4,8H,5-6,13H2,1H3. The van der Waals surface area contributed by atoms with Gasteiger partial charge in [-0.1, -0.05) is 17.7 Å². The minimum absolute atomic E-state index is 0.0673. The molecule has 0 radical (unpaired) electrons. The summed E-state index contributed by atoms with van der Waals surface area (Å²) in [5.74, 6) is 0.0673. The Bertz CT molecular complexity index is 667. The molecule has 4 nitrogen and oxygen atoms in total. The molecule has 1 unspecified atom stereocenters. The SMILES string of the molecule is CS(=O)(=O)CCC(N)c1nc2cccc(Cl)c2s1. The van der Waals surface area contributed by atoms with Gasteiger partial charge in [0.05, 0.1) is 27.0 Å². The van der Waals surface area contributed by atoms with Crippen LogP contribution in [0.4, 0.5) is 0 Å². The van der Waals surface area contributed by atoms with Gasteiger partial charge in [0.15, 0.2) is 0 Å². The predicted molar refractivity (Wildman–Crippen MR) is 75.9 cm³/mol. The molecule has 0 fully saturated rings. The normalized spacial score (nSPS) is 13.9. The third-order valence-electron chi connectivity index (χ3n) is 2.50. The first kappa shape index (κ1) is 13.7. The van der Waals surface area contributed by atoms with E-state index in [4.69, 9.17) is 17.3 Å². The fraction of sp³-hybridized carbons (Fsp3) is 0.364. The van der Waals surface area contributed by atoms with Crippen LogP contribution in [0, 0.1) is 0 Å². The van der Waals surface area contributed by atoms with Gasteiger partial charge in [-0.2, -0.15) is 0 Å². The molecule has 0 saturated carbocycles. The van der Waals surface area contributed by atoms with Gasteiger partial charge in [-0.3, -0.25) is 0 Å². The van der Waals surface area contributed by atoms with Crippen LogP contribution in [-0.4, -0.2) is 25.4 Å². The Kier molecular flexibility index (Phi) is 3.91. The first-order valence-electron chi connectivity index (χ1n) is 5.35. The second kappa shape index (κ2) is 5.13. The number of fused-ring (bicyclic) bond motifs is 1. The number of aromatic nitrogens is 1. The molecule has 0 spiro atoms. The van der Waals surface area contributed by atoms with Gasteiger partial charge in [0.1, 0.15) is 14.8 Å². The molecule has 0 aliphatic rings. The minimum atomic E-state index is -2.99. The number of nitrogens with two attached hydrogens (primary N) is 1. The lowest BCUT2D eigenvalue weighted by atomic mass is 10.2. The van der Waals surface area contributed by atoms with Gasteiger partial charge in [-0.15, -0.1) is 11.3 Å². The first-order chi connectivity index (χ1) is 8.37. The van der Waals surface area contributed by atoms with E-state index in [2.05, 4.69) is 4.98 Å². The number of nitrogens with zero attached hydrogens (tertiary/aromatic N) is 1. The predicted octanol–water partition coefficient (Wildman–Crippen LogP) is 2.38. The van der Waals surface area contributed by atoms with E-state index in [1.54, 1.807) is 6.07 Å². The van der Waals surface area contributed by atoms with Crippen LogP contribution in [0.25, 0.3) is 10.2 Å². The lowest BCUT2D eigenvalue weighted by Crippen LogP contribution is -2.15. The number of rotatable bonds is 4. The molecule has 1 atom stereocenters. The zero-order valence-corrected chi connectivity index (χ0v) is 12.1. The molecule has 18 heavy (non-hydrogen) atoms. The van der Waals surface area contributed by atoms with Crippen LogP contribution in [0.1, 0.15) is 17.5 Å². The van der Waals surface area contributed by atoms with Crippen molar-refractivity contribution in [3.05, 3.63) is 28.2 Å². The Morgan fingerprint density at radius 2 is 2.22 bits per heavy atom. The monoisotopic (exact) mass is 304 g/mol. The molecule has 7 heteroatoms. The highest BCUT2D eigenvalue weighted by molar-refractivity contribution is 7.90. The summed E-state index contributed by atoms with van der Waals surface area (Å²) in [6, 6.07) is 5.13. The molecule has 2 rings (SSSR count). The number of hydrogen-bond acceptors (Lipinski definition) is 5. The Balaban J connectivity index is 2.23. The van der Waals surface area contributed by atoms with Crippen molar-refractivity contribution in [2.24, 2.45) is 5.73 Å². The van der Waals surface area contributed by atoms with E-state index >= 15 is 0 Å². The maximum Gasteiger partial charge on any atom is 0.147 e. The number of sulfone groups is 1. The molecule has 0 saturated heterocycles. The van der Waals surface area contributed by atoms with E-state index < -0.39 is 9.84 Å². The molecule has 1 aromatic heterocycles. The third-order valence-corrected chi connectivity index (χ3v) is 5.14. The highest BCUT2D eigenvalue weighted by Gasteiger charge is 2.15. The van der Waals surface area contributed by atoms with Crippen LogP contribution in [0.3, 0.4) is 0 Å². The zero-order chi connectivity index (χ0) is 13.3. The van der Waals surface area contributed by atoms with Crippen molar-refractivity contribution in [1.82, 2.24) is 4.98 Å². The minimum Gasteiger partial charge on any atom is -0.322 e. The maximum absolute atomic E-state index is 11.1. The number of hydrogen-bond donors (Lipinski definition) is 1. The quantitative estimate of drug-likeness (QED) is 0.941. The third kappa shape index (κ3) is 3.20. The Hall–Kier alpha value is -0.690. The summed E-state index contributed by atoms with van der Waals surface area (Å²) in [7, 11) is -2.99. The molecule has 2 N–H and O–H groups in total. The summed E-state index contributed by atoms with van der Waals surface area (Å²) in [6.45, 7) is 0. The highest BCUT2D eigenvalue weighted by Crippen LogP contribution is 2.32. The lowest BCUT2D eigenvalue weighted by Gasteiger charge is -2.06. The number of benzene rings is 1. The van der Waals surface area contributed by atoms with E-state index in [-0.39, 0.29) is 11.8 Å². The molecule has 0 aliphatic heterocycles. The fourth-order valence-electron chi connectivity index (χ4n) is 1.56. The van der Waals surface area contributed by atoms with E-state index in [1.165, 1.54) is 17.6 Å². The molecule has 0 aliphatic carbocycles. The van der Waals surface area contributed by atoms with Crippen molar-refractivity contribution in [3.63, 3.8) is 0 Å². The highest BCUT2D eigenvalue weighted by atomic mass is 35.5. The van der Waals surface area contributed by atoms with Crippen LogP contribution >= 0.6 is 22.9 Å². The van der Waals surface area contributed by atoms with E-state index in [0.717, 1.165) is 15.2 Å². The molecular weight excluding hydrogens is 292 g/mol. The van der Waals surface area contributed by atoms with Gasteiger partial charge in [0.25, 0.3) is 0 Å². The summed E-state index contributed by atoms with van der Waals surface area (Å²) in [4.78, 5) is 4.39. The maximum atomic E-state index is 11.1. The Morgan fingerprint density at radius 1 is 1.50 bits per heavy atom. The van der Waals surface area contributed by atoms with Crippen LogP contribution in [0.15, 0.2) is 18.2 Å². The van der Waals surface area contributed by atoms with Gasteiger partial charge in [0, 0.05) is 6.26 Å². The van der Waals surface area contributed by atoms with Crippen LogP contribution in [0.5, 0.6) is 0 Å². The Morgan fingerprint density at radius 3 is 2.83 bits per heavy atom. The second-order valence-electron chi connectivity index (χ2n) is 4.17. The molecule has 98 valence electrons. The van der Waals surface area contributed by atoms with Crippen molar-refractivity contribution in [3.8, 4) is 0 Å². The van der Waals surface area contributed by atoms with Crippen LogP contribution < -0.4 is 5.73 Å². The van der Waals surface area contributed by atoms with Crippen molar-refractivity contribution in [2.75, 3.05) is 12.0 Å². The largest absolute Gasteiger partial charge is 0.322 e. The van der Waals surface area contributed by atoms with Gasteiger partial charge >= 0.3 is 0 Å². The van der Waals surface area contributed by atoms with Crippen molar-refractivity contribution in [1.29, 1.82) is 0 Å². The van der Waals surface area contributed by atoms with Crippen LogP contribution in [0.2, 0.25) is 5.02 Å². The summed E-state index contributed by atoms with van der Waals surface area (Å²) in [5, 5.41) is 1.37. The number of halogens is 1. The molecule has 2 aromatic rings. The fourth-order valence-corrected chi connectivity index (χ4v) is 3.53. The molecule has 1 aromatic carbocycles. The smallest absolute Gasteiger partial charge is 0.147 e. The summed E-state index contributed by atoms with van der Waals surface area (Å²) < 4.78 is 23.1. The van der Waals surface area contributed by atoms with E-state index in [0.29, 0.717) is 11.4 Å².